The maximum absolute atomic E-state index is 10.2. The van der Waals surface area contributed by atoms with Crippen molar-refractivity contribution in [2.75, 3.05) is 19.5 Å². The van der Waals surface area contributed by atoms with Gasteiger partial charge in [-0.05, 0) is 0 Å². The van der Waals surface area contributed by atoms with Gasteiger partial charge in [-0.1, -0.05) is 4.98 Å². The van der Waals surface area contributed by atoms with Crippen LogP contribution in [0, 0.1) is 0 Å². The van der Waals surface area contributed by atoms with E-state index >= 15 is 0 Å². The number of imidazole rings is 1. The van der Waals surface area contributed by atoms with Crippen molar-refractivity contribution < 1.29 is 29.4 Å². The molecule has 1 aliphatic rings. The van der Waals surface area contributed by atoms with E-state index in [9.17, 15) is 15.3 Å². The number of methoxy groups -OCH3 is 1. The molecule has 0 radical (unpaired) electrons. The first kappa shape index (κ1) is 14.9. The SMILES string of the molecule is COc1nc(N)nc2c1n(C)c[n+]2[C@@H]1O[C@H](CO)[C@@H](O)[C@H]1O. The molecule has 4 atom stereocenters. The summed E-state index contributed by atoms with van der Waals surface area (Å²) >= 11 is 0. The van der Waals surface area contributed by atoms with Crippen LogP contribution in [0.4, 0.5) is 5.95 Å². The Morgan fingerprint density at radius 1 is 1.41 bits per heavy atom. The number of aliphatic hydroxyl groups excluding tert-OH is 3. The first-order valence-electron chi connectivity index (χ1n) is 6.68. The normalized spacial score (nSPS) is 28.4. The lowest BCUT2D eigenvalue weighted by Crippen LogP contribution is -2.46. The number of aryl methyl sites for hydroxylation is 1. The second-order valence-corrected chi connectivity index (χ2v) is 5.13. The Kier molecular flexibility index (Phi) is 3.60. The van der Waals surface area contributed by atoms with E-state index < -0.39 is 31.1 Å². The van der Waals surface area contributed by atoms with Gasteiger partial charge in [-0.3, -0.25) is 4.57 Å². The number of fused-ring (bicyclic) bond motifs is 1. The Labute approximate surface area is 125 Å². The minimum atomic E-state index is -1.21. The Balaban J connectivity index is 2.14. The summed E-state index contributed by atoms with van der Waals surface area (Å²) in [7, 11) is 3.22. The molecule has 22 heavy (non-hydrogen) atoms. The largest absolute Gasteiger partial charge is 0.478 e. The summed E-state index contributed by atoms with van der Waals surface area (Å²) in [6.45, 7) is -0.402. The van der Waals surface area contributed by atoms with E-state index in [1.807, 2.05) is 0 Å². The minimum Gasteiger partial charge on any atom is -0.478 e. The number of aliphatic hydroxyl groups is 3. The maximum atomic E-state index is 10.2. The number of hydrogen-bond donors (Lipinski definition) is 4. The number of nitrogen functional groups attached to an aromatic ring is 1. The lowest BCUT2D eigenvalue weighted by molar-refractivity contribution is -0.745. The summed E-state index contributed by atoms with van der Waals surface area (Å²) < 4.78 is 13.9. The fourth-order valence-electron chi connectivity index (χ4n) is 2.67. The summed E-state index contributed by atoms with van der Waals surface area (Å²) in [6, 6.07) is 0. The third-order valence-electron chi connectivity index (χ3n) is 3.73. The van der Waals surface area contributed by atoms with Gasteiger partial charge in [0, 0.05) is 0 Å². The summed E-state index contributed by atoms with van der Waals surface area (Å²) in [5, 5.41) is 29.2. The Morgan fingerprint density at radius 3 is 2.73 bits per heavy atom. The quantitative estimate of drug-likeness (QED) is 0.454. The zero-order valence-electron chi connectivity index (χ0n) is 12.1. The molecule has 10 nitrogen and oxygen atoms in total. The molecule has 3 rings (SSSR count). The number of aromatic nitrogens is 4. The van der Waals surface area contributed by atoms with Crippen molar-refractivity contribution in [3.63, 3.8) is 0 Å². The predicted octanol–water partition coefficient (Wildman–Crippen LogP) is -2.54. The molecule has 0 bridgehead atoms. The van der Waals surface area contributed by atoms with Gasteiger partial charge < -0.3 is 30.5 Å². The average molecular weight is 312 g/mol. The van der Waals surface area contributed by atoms with Crippen LogP contribution in [0.2, 0.25) is 0 Å². The van der Waals surface area contributed by atoms with E-state index in [2.05, 4.69) is 9.97 Å². The molecule has 120 valence electrons. The second kappa shape index (κ2) is 5.32. The van der Waals surface area contributed by atoms with Crippen LogP contribution in [0.3, 0.4) is 0 Å². The fraction of sp³-hybridized carbons (Fsp3) is 0.583. The number of hydrogen-bond acceptors (Lipinski definition) is 8. The average Bonchev–Trinajstić information content (AvgIpc) is 2.97. The van der Waals surface area contributed by atoms with Crippen LogP contribution in [0.5, 0.6) is 5.88 Å². The van der Waals surface area contributed by atoms with Crippen LogP contribution in [0.15, 0.2) is 6.33 Å². The highest BCUT2D eigenvalue weighted by Crippen LogP contribution is 2.28. The van der Waals surface area contributed by atoms with Crippen molar-refractivity contribution >= 4 is 17.1 Å². The molecule has 0 saturated carbocycles. The van der Waals surface area contributed by atoms with Crippen LogP contribution < -0.4 is 15.0 Å². The van der Waals surface area contributed by atoms with Crippen LogP contribution in [-0.2, 0) is 11.8 Å². The van der Waals surface area contributed by atoms with Crippen LogP contribution in [0.1, 0.15) is 6.23 Å². The van der Waals surface area contributed by atoms with Gasteiger partial charge in [0.15, 0.2) is 6.33 Å². The van der Waals surface area contributed by atoms with E-state index in [1.165, 1.54) is 11.7 Å². The Morgan fingerprint density at radius 2 is 2.14 bits per heavy atom. The van der Waals surface area contributed by atoms with E-state index in [0.717, 1.165) is 0 Å². The Bertz CT molecular complexity index is 705. The van der Waals surface area contributed by atoms with Crippen molar-refractivity contribution in [1.82, 2.24) is 14.5 Å². The topological polar surface area (TPSA) is 140 Å². The molecule has 1 saturated heterocycles. The molecule has 10 heteroatoms. The number of nitrogens with zero attached hydrogens (tertiary/aromatic N) is 4. The first-order valence-corrected chi connectivity index (χ1v) is 6.68. The molecule has 2 aromatic rings. The standard InChI is InChI=1S/C12H18N5O5/c1-16-4-17(11-8(20)7(19)5(3-18)22-11)9-6(16)10(21-2)15-12(13)14-9/h4-5,7-8,11,18-20H,3H2,1-2H3,(H2,13,14,15)/q+1/t5-,7-,8-,11-/m1/s1. The van der Waals surface area contributed by atoms with Gasteiger partial charge in [0.2, 0.25) is 11.7 Å². The smallest absolute Gasteiger partial charge is 0.313 e. The maximum Gasteiger partial charge on any atom is 0.313 e. The van der Waals surface area contributed by atoms with Gasteiger partial charge >= 0.3 is 11.6 Å². The highest BCUT2D eigenvalue weighted by atomic mass is 16.6. The lowest BCUT2D eigenvalue weighted by atomic mass is 10.1. The second-order valence-electron chi connectivity index (χ2n) is 5.13. The van der Waals surface area contributed by atoms with Gasteiger partial charge in [0.05, 0.1) is 20.8 Å². The van der Waals surface area contributed by atoms with Crippen molar-refractivity contribution in [1.29, 1.82) is 0 Å². The highest BCUT2D eigenvalue weighted by Gasteiger charge is 2.46. The molecule has 0 amide bonds. The van der Waals surface area contributed by atoms with Gasteiger partial charge in [-0.25, -0.2) is 4.57 Å². The molecule has 0 aliphatic carbocycles. The fourth-order valence-corrected chi connectivity index (χ4v) is 2.67. The van der Waals surface area contributed by atoms with Crippen LogP contribution in [-0.4, -0.2) is 61.9 Å². The van der Waals surface area contributed by atoms with Crippen LogP contribution >= 0.6 is 0 Å². The molecule has 2 aromatic heterocycles. The van der Waals surface area contributed by atoms with Crippen molar-refractivity contribution in [2.24, 2.45) is 7.05 Å². The molecule has 0 unspecified atom stereocenters. The molecular weight excluding hydrogens is 294 g/mol. The number of anilines is 1. The third-order valence-corrected chi connectivity index (χ3v) is 3.73. The predicted molar refractivity (Wildman–Crippen MR) is 72.7 cm³/mol. The van der Waals surface area contributed by atoms with Crippen molar-refractivity contribution in [3.05, 3.63) is 6.33 Å². The van der Waals surface area contributed by atoms with Crippen molar-refractivity contribution in [3.8, 4) is 5.88 Å². The molecule has 1 aliphatic heterocycles. The number of nitrogens with two attached hydrogens (primary N) is 1. The van der Waals surface area contributed by atoms with E-state index in [0.29, 0.717) is 11.2 Å². The van der Waals surface area contributed by atoms with E-state index in [1.54, 1.807) is 17.9 Å². The Hall–Kier alpha value is -2.01. The first-order chi connectivity index (χ1) is 10.5. The molecule has 1 fully saturated rings. The molecule has 5 N–H and O–H groups in total. The van der Waals surface area contributed by atoms with Gasteiger partial charge in [0.25, 0.3) is 5.88 Å². The van der Waals surface area contributed by atoms with Crippen molar-refractivity contribution in [2.45, 2.75) is 24.5 Å². The van der Waals surface area contributed by atoms with E-state index in [4.69, 9.17) is 15.2 Å². The molecular formula is C12H18N5O5+. The summed E-state index contributed by atoms with van der Waals surface area (Å²) in [6.07, 6.45) is -2.56. The monoisotopic (exact) mass is 312 g/mol. The lowest BCUT2D eigenvalue weighted by Gasteiger charge is -2.12. The number of rotatable bonds is 3. The minimum absolute atomic E-state index is 0.0102. The summed E-state index contributed by atoms with van der Waals surface area (Å²) in [4.78, 5) is 8.16. The summed E-state index contributed by atoms with van der Waals surface area (Å²) in [5.74, 6) is 0.298. The van der Waals surface area contributed by atoms with E-state index in [-0.39, 0.29) is 11.8 Å². The summed E-state index contributed by atoms with van der Waals surface area (Å²) in [5.41, 5.74) is 6.63. The van der Waals surface area contributed by atoms with Gasteiger partial charge in [0.1, 0.15) is 18.3 Å². The van der Waals surface area contributed by atoms with Crippen LogP contribution in [0.25, 0.3) is 11.2 Å². The number of ether oxygens (including phenoxy) is 2. The third kappa shape index (κ3) is 2.08. The molecule has 0 spiro atoms. The highest BCUT2D eigenvalue weighted by molar-refractivity contribution is 5.74. The molecule has 0 aromatic carbocycles. The van der Waals surface area contributed by atoms with Gasteiger partial charge in [-0.15, -0.1) is 0 Å². The molecule has 3 heterocycles. The zero-order valence-corrected chi connectivity index (χ0v) is 12.1. The zero-order chi connectivity index (χ0) is 16.0. The van der Waals surface area contributed by atoms with Gasteiger partial charge in [-0.2, -0.15) is 4.98 Å².